The van der Waals surface area contributed by atoms with Gasteiger partial charge in [0.25, 0.3) is 0 Å². The molecule has 35 heavy (non-hydrogen) atoms. The van der Waals surface area contributed by atoms with Crippen LogP contribution in [0.1, 0.15) is 23.4 Å². The monoisotopic (exact) mass is 531 g/mol. The maximum atomic E-state index is 14.1. The summed E-state index contributed by atoms with van der Waals surface area (Å²) in [6.07, 6.45) is -3.84. The molecular weight excluding hydrogens is 513 g/mol. The number of amides is 1. The van der Waals surface area contributed by atoms with Crippen molar-refractivity contribution in [2.75, 3.05) is 6.54 Å². The number of hydrogen-bond donors (Lipinski definition) is 1. The Kier molecular flexibility index (Phi) is 6.93. The van der Waals surface area contributed by atoms with Gasteiger partial charge >= 0.3 is 6.18 Å². The molecular formula is C22H18F5N3O3S2. The molecule has 0 radical (unpaired) electrons. The first-order valence-electron chi connectivity index (χ1n) is 10.3. The van der Waals surface area contributed by atoms with Crippen molar-refractivity contribution in [3.8, 4) is 11.3 Å². The molecule has 2 aromatic carbocycles. The molecule has 1 aliphatic rings. The smallest absolute Gasteiger partial charge is 0.348 e. The molecule has 186 valence electrons. The molecule has 1 aromatic heterocycles. The average molecular weight is 532 g/mol. The number of halogens is 5. The van der Waals surface area contributed by atoms with Crippen LogP contribution in [0.15, 0.2) is 52.7 Å². The summed E-state index contributed by atoms with van der Waals surface area (Å²) in [5.41, 5.74) is 0.131. The van der Waals surface area contributed by atoms with E-state index in [-0.39, 0.29) is 19.5 Å². The number of nitrogens with one attached hydrogen (secondary N) is 1. The van der Waals surface area contributed by atoms with Crippen molar-refractivity contribution in [1.29, 1.82) is 0 Å². The van der Waals surface area contributed by atoms with Crippen LogP contribution >= 0.6 is 11.3 Å². The van der Waals surface area contributed by atoms with Crippen LogP contribution in [0.4, 0.5) is 22.0 Å². The second-order valence-corrected chi connectivity index (χ2v) is 10.6. The van der Waals surface area contributed by atoms with Gasteiger partial charge in [-0.15, -0.1) is 11.3 Å². The molecule has 1 fully saturated rings. The molecule has 6 nitrogen and oxygen atoms in total. The first-order valence-corrected chi connectivity index (χ1v) is 12.7. The van der Waals surface area contributed by atoms with Gasteiger partial charge in [-0.25, -0.2) is 22.2 Å². The number of hydrogen-bond acceptors (Lipinski definition) is 5. The lowest BCUT2D eigenvalue weighted by Gasteiger charge is -2.23. The minimum Gasteiger partial charge on any atom is -0.348 e. The molecule has 1 N–H and O–H groups in total. The van der Waals surface area contributed by atoms with Crippen molar-refractivity contribution >= 4 is 27.3 Å². The van der Waals surface area contributed by atoms with Crippen molar-refractivity contribution in [2.24, 2.45) is 0 Å². The summed E-state index contributed by atoms with van der Waals surface area (Å²) < 4.78 is 92.2. The van der Waals surface area contributed by atoms with Crippen molar-refractivity contribution < 1.29 is 35.2 Å². The van der Waals surface area contributed by atoms with E-state index in [9.17, 15) is 35.2 Å². The number of carbonyl (C=O) groups is 1. The second kappa shape index (κ2) is 9.63. The van der Waals surface area contributed by atoms with E-state index in [1.54, 1.807) is 5.38 Å². The van der Waals surface area contributed by atoms with Gasteiger partial charge in [0.1, 0.15) is 27.6 Å². The Balaban J connectivity index is 1.43. The van der Waals surface area contributed by atoms with Crippen LogP contribution in [0.2, 0.25) is 0 Å². The van der Waals surface area contributed by atoms with Crippen molar-refractivity contribution in [1.82, 2.24) is 14.6 Å². The largest absolute Gasteiger partial charge is 0.416 e. The third-order valence-electron chi connectivity index (χ3n) is 5.46. The highest BCUT2D eigenvalue weighted by Gasteiger charge is 2.40. The SMILES string of the molecule is O=C(NCc1nc(-c2ccc(C(F)(F)F)cc2)cs1)[C@@H]1CCCN1S(=O)(=O)c1ccc(F)cc1F. The van der Waals surface area contributed by atoms with Gasteiger partial charge in [0.05, 0.1) is 17.8 Å². The van der Waals surface area contributed by atoms with E-state index in [1.165, 1.54) is 23.5 Å². The van der Waals surface area contributed by atoms with E-state index >= 15 is 0 Å². The number of benzene rings is 2. The van der Waals surface area contributed by atoms with Crippen molar-refractivity contribution in [3.63, 3.8) is 0 Å². The number of nitrogens with zero attached hydrogens (tertiary/aromatic N) is 2. The highest BCUT2D eigenvalue weighted by molar-refractivity contribution is 7.89. The molecule has 2 heterocycles. The number of alkyl halides is 3. The van der Waals surface area contributed by atoms with Crippen LogP contribution in [0.3, 0.4) is 0 Å². The normalized spacial score (nSPS) is 17.0. The fourth-order valence-corrected chi connectivity index (χ4v) is 6.18. The quantitative estimate of drug-likeness (QED) is 0.473. The third-order valence-corrected chi connectivity index (χ3v) is 8.25. The second-order valence-electron chi connectivity index (χ2n) is 7.77. The van der Waals surface area contributed by atoms with E-state index in [1.807, 2.05) is 0 Å². The van der Waals surface area contributed by atoms with Crippen LogP contribution in [0.25, 0.3) is 11.3 Å². The van der Waals surface area contributed by atoms with Gasteiger partial charge in [0.15, 0.2) is 0 Å². The molecule has 13 heteroatoms. The summed E-state index contributed by atoms with van der Waals surface area (Å²) in [6.45, 7) is -0.0218. The lowest BCUT2D eigenvalue weighted by Crippen LogP contribution is -2.45. The molecule has 0 spiro atoms. The fourth-order valence-electron chi connectivity index (χ4n) is 3.74. The summed E-state index contributed by atoms with van der Waals surface area (Å²) in [5, 5.41) is 4.71. The maximum absolute atomic E-state index is 14.1. The Hall–Kier alpha value is -2.90. The van der Waals surface area contributed by atoms with Gasteiger partial charge in [0.2, 0.25) is 15.9 Å². The first-order chi connectivity index (χ1) is 16.5. The van der Waals surface area contributed by atoms with E-state index in [4.69, 9.17) is 0 Å². The highest BCUT2D eigenvalue weighted by atomic mass is 32.2. The fraction of sp³-hybridized carbons (Fsp3) is 0.273. The Morgan fingerprint density at radius 3 is 2.51 bits per heavy atom. The van der Waals surface area contributed by atoms with Crippen LogP contribution in [0, 0.1) is 11.6 Å². The zero-order valence-corrected chi connectivity index (χ0v) is 19.5. The van der Waals surface area contributed by atoms with Gasteiger partial charge < -0.3 is 5.32 Å². The Bertz CT molecular complexity index is 1340. The summed E-state index contributed by atoms with van der Waals surface area (Å²) in [7, 11) is -4.37. The molecule has 1 amide bonds. The molecule has 1 saturated heterocycles. The molecule has 0 aliphatic carbocycles. The average Bonchev–Trinajstić information content (AvgIpc) is 3.47. The van der Waals surface area contributed by atoms with Crippen LogP contribution in [-0.4, -0.2) is 36.2 Å². The molecule has 0 saturated carbocycles. The van der Waals surface area contributed by atoms with Crippen molar-refractivity contribution in [3.05, 3.63) is 70.1 Å². The van der Waals surface area contributed by atoms with Gasteiger partial charge in [-0.3, -0.25) is 4.79 Å². The number of aromatic nitrogens is 1. The third kappa shape index (κ3) is 5.36. The number of carbonyl (C=O) groups excluding carboxylic acids is 1. The summed E-state index contributed by atoms with van der Waals surface area (Å²) in [5.74, 6) is -2.76. The Morgan fingerprint density at radius 2 is 1.86 bits per heavy atom. The summed E-state index contributed by atoms with van der Waals surface area (Å²) >= 11 is 1.18. The predicted molar refractivity (Wildman–Crippen MR) is 118 cm³/mol. The van der Waals surface area contributed by atoms with Crippen LogP contribution < -0.4 is 5.32 Å². The molecule has 3 aromatic rings. The minimum atomic E-state index is -4.44. The van der Waals surface area contributed by atoms with Crippen LogP contribution in [0.5, 0.6) is 0 Å². The summed E-state index contributed by atoms with van der Waals surface area (Å²) in [6, 6.07) is 5.56. The van der Waals surface area contributed by atoms with E-state index < -0.39 is 50.2 Å². The number of rotatable bonds is 6. The minimum absolute atomic E-state index is 0.00651. The zero-order chi connectivity index (χ0) is 25.4. The van der Waals surface area contributed by atoms with E-state index in [0.717, 1.165) is 28.6 Å². The molecule has 0 bridgehead atoms. The van der Waals surface area contributed by atoms with Crippen LogP contribution in [-0.2, 0) is 27.5 Å². The highest BCUT2D eigenvalue weighted by Crippen LogP contribution is 2.31. The van der Waals surface area contributed by atoms with Crippen molar-refractivity contribution in [2.45, 2.75) is 36.5 Å². The molecule has 4 rings (SSSR count). The van der Waals surface area contributed by atoms with Gasteiger partial charge in [-0.05, 0) is 37.1 Å². The zero-order valence-electron chi connectivity index (χ0n) is 17.9. The lowest BCUT2D eigenvalue weighted by molar-refractivity contribution is -0.137. The van der Waals surface area contributed by atoms with Gasteiger partial charge in [0, 0.05) is 23.6 Å². The number of sulfonamides is 1. The standard InChI is InChI=1S/C22H18F5N3O3S2/c23-15-7-8-19(16(24)10-15)35(32,33)30-9-1-2-18(30)21(31)28-11-20-29-17(12-34-20)13-3-5-14(6-4-13)22(25,26)27/h3-8,10,12,18H,1-2,9,11H2,(H,28,31)/t18-/m0/s1. The number of thiazole rings is 1. The Morgan fingerprint density at radius 1 is 1.14 bits per heavy atom. The Labute approximate surface area is 201 Å². The molecule has 0 unspecified atom stereocenters. The maximum Gasteiger partial charge on any atom is 0.416 e. The predicted octanol–water partition coefficient (Wildman–Crippen LogP) is 4.58. The van der Waals surface area contributed by atoms with E-state index in [0.29, 0.717) is 28.8 Å². The topological polar surface area (TPSA) is 79.4 Å². The van der Waals surface area contributed by atoms with Gasteiger partial charge in [-0.1, -0.05) is 12.1 Å². The molecule has 1 aliphatic heterocycles. The lowest BCUT2D eigenvalue weighted by atomic mass is 10.1. The summed E-state index contributed by atoms with van der Waals surface area (Å²) in [4.78, 5) is 16.4. The molecule has 1 atom stereocenters. The van der Waals surface area contributed by atoms with E-state index in [2.05, 4.69) is 10.3 Å². The van der Waals surface area contributed by atoms with Gasteiger partial charge in [-0.2, -0.15) is 17.5 Å². The first kappa shape index (κ1) is 25.2.